The summed E-state index contributed by atoms with van der Waals surface area (Å²) >= 11 is 1.63. The van der Waals surface area contributed by atoms with Gasteiger partial charge in [0.15, 0.2) is 0 Å². The number of nitrogens with one attached hydrogen (secondary N) is 3. The Morgan fingerprint density at radius 3 is 2.52 bits per heavy atom. The number of nitrogens with zero attached hydrogens (tertiary/aromatic N) is 2. The molecule has 0 bridgehead atoms. The third-order valence-corrected chi connectivity index (χ3v) is 5.34. The number of aromatic nitrogens is 1. The maximum atomic E-state index is 12.0. The van der Waals surface area contributed by atoms with Crippen LogP contribution in [0.5, 0.6) is 0 Å². The van der Waals surface area contributed by atoms with Gasteiger partial charge in [0.25, 0.3) is 0 Å². The number of likely N-dealkylation sites (tertiary alicyclic amines) is 1. The van der Waals surface area contributed by atoms with Crippen LogP contribution in [0.1, 0.15) is 24.8 Å². The van der Waals surface area contributed by atoms with Crippen LogP contribution in [0.4, 0.5) is 10.5 Å². The highest BCUT2D eigenvalue weighted by atomic mass is 32.2. The molecule has 0 spiro atoms. The Bertz CT molecular complexity index is 689. The second-order valence-corrected chi connectivity index (χ2v) is 7.55. The minimum absolute atomic E-state index is 0.216. The third kappa shape index (κ3) is 7.21. The molecule has 0 aliphatic carbocycles. The number of carbonyl (C=O) groups excluding carboxylic acids is 1. The van der Waals surface area contributed by atoms with Gasteiger partial charge in [-0.1, -0.05) is 6.42 Å². The summed E-state index contributed by atoms with van der Waals surface area (Å²) in [7, 11) is 0. The third-order valence-electron chi connectivity index (χ3n) is 4.48. The molecular formula is C20H27N5OS. The molecule has 0 saturated carbocycles. The average molecular weight is 386 g/mol. The van der Waals surface area contributed by atoms with Crippen LogP contribution in [0.15, 0.2) is 53.7 Å². The van der Waals surface area contributed by atoms with Crippen molar-refractivity contribution in [1.29, 1.82) is 0 Å². The zero-order valence-electron chi connectivity index (χ0n) is 15.5. The smallest absolute Gasteiger partial charge is 0.319 e. The summed E-state index contributed by atoms with van der Waals surface area (Å²) in [5.41, 5.74) is 1.79. The molecule has 0 atom stereocenters. The molecule has 2 aromatic rings. The number of pyridine rings is 1. The second kappa shape index (κ2) is 10.9. The van der Waals surface area contributed by atoms with E-state index in [1.54, 1.807) is 24.3 Å². The summed E-state index contributed by atoms with van der Waals surface area (Å²) in [6.45, 7) is 5.02. The standard InChI is InChI=1S/C20H27N5OS/c26-20(22-16-17-8-10-21-11-9-17)24-18-4-6-19(7-5-18)27-23-12-15-25-13-2-1-3-14-25/h4-11,23H,1-3,12-16H2,(H2,22,24,26). The van der Waals surface area contributed by atoms with Gasteiger partial charge in [0.1, 0.15) is 0 Å². The molecule has 27 heavy (non-hydrogen) atoms. The lowest BCUT2D eigenvalue weighted by atomic mass is 10.1. The van der Waals surface area contributed by atoms with E-state index in [1.165, 1.54) is 32.4 Å². The molecule has 144 valence electrons. The summed E-state index contributed by atoms with van der Waals surface area (Å²) in [6.07, 6.45) is 7.47. The largest absolute Gasteiger partial charge is 0.334 e. The fraction of sp³-hybridized carbons (Fsp3) is 0.400. The van der Waals surface area contributed by atoms with Gasteiger partial charge in [-0.05, 0) is 79.8 Å². The maximum Gasteiger partial charge on any atom is 0.319 e. The van der Waals surface area contributed by atoms with Crippen LogP contribution < -0.4 is 15.4 Å². The SMILES string of the molecule is O=C(NCc1ccncc1)Nc1ccc(SNCCN2CCCCC2)cc1. The van der Waals surface area contributed by atoms with E-state index in [-0.39, 0.29) is 6.03 Å². The molecule has 3 rings (SSSR count). The van der Waals surface area contributed by atoms with Gasteiger partial charge in [-0.15, -0.1) is 0 Å². The Kier molecular flexibility index (Phi) is 7.95. The number of amides is 2. The Balaban J connectivity index is 1.33. The number of hydrogen-bond acceptors (Lipinski definition) is 5. The van der Waals surface area contributed by atoms with Crippen molar-refractivity contribution in [1.82, 2.24) is 19.9 Å². The molecule has 2 amide bonds. The maximum absolute atomic E-state index is 12.0. The Morgan fingerprint density at radius 1 is 1.04 bits per heavy atom. The number of hydrogen-bond donors (Lipinski definition) is 3. The molecule has 1 aliphatic heterocycles. The van der Waals surface area contributed by atoms with Crippen molar-refractivity contribution in [2.45, 2.75) is 30.7 Å². The number of urea groups is 1. The lowest BCUT2D eigenvalue weighted by Crippen LogP contribution is -2.34. The van der Waals surface area contributed by atoms with Crippen molar-refractivity contribution >= 4 is 23.7 Å². The predicted octanol–water partition coefficient (Wildman–Crippen LogP) is 3.49. The number of rotatable bonds is 8. The first-order valence-corrected chi connectivity index (χ1v) is 10.3. The van der Waals surface area contributed by atoms with Crippen LogP contribution in [0, 0.1) is 0 Å². The molecule has 0 radical (unpaired) electrons. The van der Waals surface area contributed by atoms with Gasteiger partial charge in [-0.3, -0.25) is 9.71 Å². The van der Waals surface area contributed by atoms with Gasteiger partial charge in [-0.25, -0.2) is 4.79 Å². The first kappa shape index (κ1) is 19.7. The van der Waals surface area contributed by atoms with E-state index in [0.717, 1.165) is 29.2 Å². The minimum Gasteiger partial charge on any atom is -0.334 e. The molecule has 7 heteroatoms. The first-order chi connectivity index (χ1) is 13.3. The van der Waals surface area contributed by atoms with Crippen LogP contribution in [0.3, 0.4) is 0 Å². The van der Waals surface area contributed by atoms with Gasteiger partial charge in [-0.2, -0.15) is 0 Å². The van der Waals surface area contributed by atoms with Crippen LogP contribution >= 0.6 is 11.9 Å². The van der Waals surface area contributed by atoms with Crippen LogP contribution in [0.25, 0.3) is 0 Å². The fourth-order valence-electron chi connectivity index (χ4n) is 2.99. The highest BCUT2D eigenvalue weighted by Crippen LogP contribution is 2.17. The molecular weight excluding hydrogens is 358 g/mol. The lowest BCUT2D eigenvalue weighted by molar-refractivity contribution is 0.233. The molecule has 1 aromatic heterocycles. The van der Waals surface area contributed by atoms with E-state index in [0.29, 0.717) is 6.54 Å². The Morgan fingerprint density at radius 2 is 1.78 bits per heavy atom. The summed E-state index contributed by atoms with van der Waals surface area (Å²) in [5, 5.41) is 5.68. The van der Waals surface area contributed by atoms with Crippen LogP contribution in [0.2, 0.25) is 0 Å². The molecule has 1 saturated heterocycles. The predicted molar refractivity (Wildman–Crippen MR) is 111 cm³/mol. The lowest BCUT2D eigenvalue weighted by Gasteiger charge is -2.26. The summed E-state index contributed by atoms with van der Waals surface area (Å²) in [4.78, 5) is 19.6. The van der Waals surface area contributed by atoms with E-state index in [4.69, 9.17) is 0 Å². The van der Waals surface area contributed by atoms with Gasteiger partial charge >= 0.3 is 6.03 Å². The number of anilines is 1. The van der Waals surface area contributed by atoms with Gasteiger partial charge < -0.3 is 15.5 Å². The van der Waals surface area contributed by atoms with Crippen molar-refractivity contribution in [2.75, 3.05) is 31.5 Å². The normalized spacial score (nSPS) is 14.7. The summed E-state index contributed by atoms with van der Waals surface area (Å²) in [6, 6.07) is 11.4. The number of piperidine rings is 1. The first-order valence-electron chi connectivity index (χ1n) is 9.45. The van der Waals surface area contributed by atoms with Crippen LogP contribution in [-0.4, -0.2) is 42.1 Å². The molecule has 0 unspecified atom stereocenters. The molecule has 3 N–H and O–H groups in total. The molecule has 2 heterocycles. The molecule has 1 aromatic carbocycles. The summed E-state index contributed by atoms with van der Waals surface area (Å²) < 4.78 is 3.42. The topological polar surface area (TPSA) is 69.3 Å². The highest BCUT2D eigenvalue weighted by Gasteiger charge is 2.09. The molecule has 1 aliphatic rings. The molecule has 6 nitrogen and oxygen atoms in total. The van der Waals surface area contributed by atoms with E-state index < -0.39 is 0 Å². The number of carbonyl (C=O) groups is 1. The average Bonchev–Trinajstić information content (AvgIpc) is 2.72. The van der Waals surface area contributed by atoms with Gasteiger partial charge in [0, 0.05) is 42.6 Å². The quantitative estimate of drug-likeness (QED) is 0.479. The van der Waals surface area contributed by atoms with Crippen molar-refractivity contribution in [3.8, 4) is 0 Å². The summed E-state index contributed by atoms with van der Waals surface area (Å²) in [5.74, 6) is 0. The van der Waals surface area contributed by atoms with Gasteiger partial charge in [0.2, 0.25) is 0 Å². The van der Waals surface area contributed by atoms with Crippen molar-refractivity contribution in [3.63, 3.8) is 0 Å². The van der Waals surface area contributed by atoms with Gasteiger partial charge in [0.05, 0.1) is 0 Å². The Hall–Kier alpha value is -2.09. The van der Waals surface area contributed by atoms with Crippen molar-refractivity contribution < 1.29 is 4.79 Å². The minimum atomic E-state index is -0.216. The second-order valence-electron chi connectivity index (χ2n) is 6.59. The molecule has 1 fully saturated rings. The fourth-order valence-corrected chi connectivity index (χ4v) is 3.62. The van der Waals surface area contributed by atoms with Crippen molar-refractivity contribution in [3.05, 3.63) is 54.4 Å². The van der Waals surface area contributed by atoms with E-state index in [1.807, 2.05) is 36.4 Å². The zero-order valence-corrected chi connectivity index (χ0v) is 16.3. The zero-order chi connectivity index (χ0) is 18.7. The Labute approximate surface area is 165 Å². The van der Waals surface area contributed by atoms with Crippen LogP contribution in [-0.2, 0) is 6.54 Å². The van der Waals surface area contributed by atoms with Crippen molar-refractivity contribution in [2.24, 2.45) is 0 Å². The highest BCUT2D eigenvalue weighted by molar-refractivity contribution is 7.97. The monoisotopic (exact) mass is 385 g/mol. The van der Waals surface area contributed by atoms with E-state index in [9.17, 15) is 4.79 Å². The van der Waals surface area contributed by atoms with E-state index >= 15 is 0 Å². The number of benzene rings is 1. The van der Waals surface area contributed by atoms with E-state index in [2.05, 4.69) is 25.2 Å².